The normalized spacial score (nSPS) is 14.4. The number of phosphoric ester groups is 2. The van der Waals surface area contributed by atoms with Crippen LogP contribution in [0.15, 0.2) is 0 Å². The highest BCUT2D eigenvalue weighted by atomic mass is 31.2. The van der Waals surface area contributed by atoms with Gasteiger partial charge in [-0.15, -0.1) is 0 Å². The average molecular weight is 1400 g/mol. The first-order valence-corrected chi connectivity index (χ1v) is 42.2. The Hall–Kier alpha value is -1.94. The fourth-order valence-electron chi connectivity index (χ4n) is 11.5. The molecule has 0 saturated carbocycles. The van der Waals surface area contributed by atoms with E-state index in [1.807, 2.05) is 0 Å². The molecule has 0 radical (unpaired) electrons. The van der Waals surface area contributed by atoms with Crippen molar-refractivity contribution in [1.82, 2.24) is 0 Å². The second kappa shape index (κ2) is 65.4. The fourth-order valence-corrected chi connectivity index (χ4v) is 13.1. The van der Waals surface area contributed by atoms with Gasteiger partial charge in [-0.1, -0.05) is 331 Å². The van der Waals surface area contributed by atoms with Gasteiger partial charge in [0.05, 0.1) is 26.4 Å². The lowest BCUT2D eigenvalue weighted by atomic mass is 9.99. The van der Waals surface area contributed by atoms with Crippen LogP contribution in [0.2, 0.25) is 0 Å². The molecule has 564 valence electrons. The van der Waals surface area contributed by atoms with Crippen molar-refractivity contribution in [3.05, 3.63) is 0 Å². The molecule has 0 spiro atoms. The summed E-state index contributed by atoms with van der Waals surface area (Å²) in [6.45, 7) is 14.1. The van der Waals surface area contributed by atoms with E-state index in [0.717, 1.165) is 115 Å². The topological polar surface area (TPSA) is 237 Å². The number of rotatable bonds is 73. The summed E-state index contributed by atoms with van der Waals surface area (Å²) in [4.78, 5) is 72.7. The second-order valence-corrected chi connectivity index (χ2v) is 32.0. The molecular weight excluding hydrogens is 1250 g/mol. The van der Waals surface area contributed by atoms with Crippen LogP contribution in [0.4, 0.5) is 0 Å². The molecule has 0 aliphatic heterocycles. The molecule has 0 bridgehead atoms. The molecule has 0 aromatic rings. The molecule has 0 aliphatic rings. The first kappa shape index (κ1) is 93.1. The summed E-state index contributed by atoms with van der Waals surface area (Å²) in [5.74, 6) is 0.895. The van der Waals surface area contributed by atoms with Crippen LogP contribution < -0.4 is 0 Å². The standard InChI is InChI=1S/C76H148O17P2/c1-9-69(8)55-47-39-30-24-20-16-14-12-10-11-13-15-17-21-25-31-42-50-58-75(80)93-72(63-87-74(79)57-49-41-35-34-38-46-54-68(6)7)65-91-95(84,85)89-61-70(77)60-88-94(82,83)90-64-71(62-86-73(78)56-48-40-33-27-29-37-45-53-67(4)5)92-76(81)59-51-43-32-26-22-18-19-23-28-36-44-52-66(2)3/h66-72,77H,9-65H2,1-8H3,(H,82,83)(H,84,85)/t69?,70?,71-,72-/m1/s1. The van der Waals surface area contributed by atoms with Crippen molar-refractivity contribution in [3.8, 4) is 0 Å². The molecule has 0 aromatic heterocycles. The molecule has 17 nitrogen and oxygen atoms in total. The molecule has 0 saturated heterocycles. The van der Waals surface area contributed by atoms with Gasteiger partial charge in [-0.2, -0.15) is 0 Å². The molecule has 0 rings (SSSR count). The maximum absolute atomic E-state index is 13.1. The molecular formula is C76H148O17P2. The van der Waals surface area contributed by atoms with Gasteiger partial charge in [-0.05, 0) is 49.4 Å². The van der Waals surface area contributed by atoms with E-state index in [-0.39, 0.29) is 25.7 Å². The van der Waals surface area contributed by atoms with Crippen molar-refractivity contribution in [2.24, 2.45) is 23.7 Å². The van der Waals surface area contributed by atoms with Gasteiger partial charge in [-0.25, -0.2) is 9.13 Å². The van der Waals surface area contributed by atoms with Crippen molar-refractivity contribution in [3.63, 3.8) is 0 Å². The van der Waals surface area contributed by atoms with Crippen LogP contribution in [0.25, 0.3) is 0 Å². The summed E-state index contributed by atoms with van der Waals surface area (Å²) in [5, 5.41) is 10.6. The van der Waals surface area contributed by atoms with Gasteiger partial charge >= 0.3 is 39.5 Å². The molecule has 0 fully saturated rings. The first-order chi connectivity index (χ1) is 45.6. The molecule has 6 atom stereocenters. The second-order valence-electron chi connectivity index (χ2n) is 29.1. The van der Waals surface area contributed by atoms with Crippen molar-refractivity contribution >= 4 is 39.5 Å². The predicted octanol–water partition coefficient (Wildman–Crippen LogP) is 22.0. The van der Waals surface area contributed by atoms with E-state index in [9.17, 15) is 43.2 Å². The highest BCUT2D eigenvalue weighted by Gasteiger charge is 2.30. The predicted molar refractivity (Wildman–Crippen MR) is 386 cm³/mol. The third-order valence-corrected chi connectivity index (χ3v) is 19.8. The van der Waals surface area contributed by atoms with E-state index in [1.54, 1.807) is 0 Å². The van der Waals surface area contributed by atoms with Crippen molar-refractivity contribution < 1.29 is 80.2 Å². The molecule has 0 heterocycles. The molecule has 4 unspecified atom stereocenters. The van der Waals surface area contributed by atoms with Crippen LogP contribution in [0, 0.1) is 23.7 Å². The number of aliphatic hydroxyl groups is 1. The van der Waals surface area contributed by atoms with Gasteiger partial charge in [-0.3, -0.25) is 37.3 Å². The van der Waals surface area contributed by atoms with Gasteiger partial charge in [0.1, 0.15) is 19.3 Å². The summed E-state index contributed by atoms with van der Waals surface area (Å²) in [6.07, 6.45) is 50.3. The number of esters is 4. The Labute approximate surface area is 581 Å². The lowest BCUT2D eigenvalue weighted by Gasteiger charge is -2.21. The molecule has 3 N–H and O–H groups in total. The lowest BCUT2D eigenvalue weighted by Crippen LogP contribution is -2.30. The van der Waals surface area contributed by atoms with E-state index in [4.69, 9.17) is 37.0 Å². The quantitative estimate of drug-likeness (QED) is 0.0222. The third kappa shape index (κ3) is 69.0. The largest absolute Gasteiger partial charge is 0.472 e. The Morgan fingerprint density at radius 2 is 0.505 bits per heavy atom. The number of aliphatic hydroxyl groups excluding tert-OH is 1. The lowest BCUT2D eigenvalue weighted by molar-refractivity contribution is -0.161. The molecule has 19 heteroatoms. The molecule has 95 heavy (non-hydrogen) atoms. The van der Waals surface area contributed by atoms with Crippen LogP contribution in [-0.4, -0.2) is 96.7 Å². The minimum absolute atomic E-state index is 0.105. The Kier molecular flexibility index (Phi) is 64.0. The van der Waals surface area contributed by atoms with Gasteiger partial charge in [0.25, 0.3) is 0 Å². The molecule has 0 aromatic carbocycles. The summed E-state index contributed by atoms with van der Waals surface area (Å²) < 4.78 is 68.4. The summed E-state index contributed by atoms with van der Waals surface area (Å²) in [5.41, 5.74) is 0. The smallest absolute Gasteiger partial charge is 0.462 e. The summed E-state index contributed by atoms with van der Waals surface area (Å²) in [7, 11) is -9.91. The monoisotopic (exact) mass is 1400 g/mol. The molecule has 0 aliphatic carbocycles. The Bertz CT molecular complexity index is 1870. The van der Waals surface area contributed by atoms with Crippen LogP contribution in [0.3, 0.4) is 0 Å². The van der Waals surface area contributed by atoms with Crippen LogP contribution in [0.5, 0.6) is 0 Å². The van der Waals surface area contributed by atoms with Gasteiger partial charge < -0.3 is 33.8 Å². The zero-order valence-corrected chi connectivity index (χ0v) is 64.1. The average Bonchev–Trinajstić information content (AvgIpc) is 1.45. The van der Waals surface area contributed by atoms with Crippen LogP contribution in [0.1, 0.15) is 383 Å². The van der Waals surface area contributed by atoms with Crippen LogP contribution >= 0.6 is 15.6 Å². The number of hydrogen-bond donors (Lipinski definition) is 3. The fraction of sp³-hybridized carbons (Fsp3) is 0.947. The zero-order valence-electron chi connectivity index (χ0n) is 62.3. The minimum Gasteiger partial charge on any atom is -0.462 e. The van der Waals surface area contributed by atoms with Crippen molar-refractivity contribution in [2.75, 3.05) is 39.6 Å². The third-order valence-electron chi connectivity index (χ3n) is 17.9. The minimum atomic E-state index is -4.96. The Morgan fingerprint density at radius 3 is 0.747 bits per heavy atom. The number of carbonyl (C=O) groups is 4. The maximum atomic E-state index is 13.1. The highest BCUT2D eigenvalue weighted by Crippen LogP contribution is 2.45. The zero-order chi connectivity index (χ0) is 70.3. The van der Waals surface area contributed by atoms with Gasteiger partial charge in [0, 0.05) is 25.7 Å². The van der Waals surface area contributed by atoms with E-state index < -0.39 is 97.5 Å². The SMILES string of the molecule is CCC(C)CCCCCCCCCCCCCCCCCCCCC(=O)O[C@H](COC(=O)CCCCCCCCC(C)C)COP(=O)(O)OCC(O)COP(=O)(O)OC[C@@H](COC(=O)CCCCCCCCCC(C)C)OC(=O)CCCCCCCCCCCCCC(C)C. The summed E-state index contributed by atoms with van der Waals surface area (Å²) in [6, 6.07) is 0. The van der Waals surface area contributed by atoms with E-state index >= 15 is 0 Å². The van der Waals surface area contributed by atoms with E-state index in [2.05, 4.69) is 55.4 Å². The molecule has 0 amide bonds. The van der Waals surface area contributed by atoms with Gasteiger partial charge in [0.2, 0.25) is 0 Å². The van der Waals surface area contributed by atoms with Crippen molar-refractivity contribution in [1.29, 1.82) is 0 Å². The number of phosphoric acid groups is 2. The number of unbranched alkanes of at least 4 members (excludes halogenated alkanes) is 38. The number of ether oxygens (including phenoxy) is 4. The van der Waals surface area contributed by atoms with Gasteiger partial charge in [0.15, 0.2) is 12.2 Å². The first-order valence-electron chi connectivity index (χ1n) is 39.2. The van der Waals surface area contributed by atoms with Crippen molar-refractivity contribution in [2.45, 2.75) is 401 Å². The van der Waals surface area contributed by atoms with E-state index in [0.29, 0.717) is 37.5 Å². The highest BCUT2D eigenvalue weighted by molar-refractivity contribution is 7.47. The summed E-state index contributed by atoms with van der Waals surface area (Å²) >= 11 is 0. The number of carbonyl (C=O) groups excluding carboxylic acids is 4. The Morgan fingerprint density at radius 1 is 0.295 bits per heavy atom. The van der Waals surface area contributed by atoms with Crippen LogP contribution in [-0.2, 0) is 65.4 Å². The van der Waals surface area contributed by atoms with E-state index in [1.165, 1.54) is 173 Å². The maximum Gasteiger partial charge on any atom is 0.472 e. The Balaban J connectivity index is 5.15. The number of hydrogen-bond acceptors (Lipinski definition) is 15.